The van der Waals surface area contributed by atoms with Crippen LogP contribution in [0.4, 0.5) is 11.4 Å². The van der Waals surface area contributed by atoms with E-state index in [1.807, 2.05) is 12.1 Å². The monoisotopic (exact) mass is 657 g/mol. The lowest BCUT2D eigenvalue weighted by molar-refractivity contribution is -0.145. The number of aliphatic hydroxyl groups is 1. The smallest absolute Gasteiger partial charge is 0.335 e. The van der Waals surface area contributed by atoms with Gasteiger partial charge in [0.05, 0.1) is 24.3 Å². The molecule has 3 N–H and O–H groups in total. The molecule has 1 aliphatic carbocycles. The molecule has 0 unspecified atom stereocenters. The molecule has 2 atom stereocenters. The van der Waals surface area contributed by atoms with Crippen LogP contribution in [-0.4, -0.2) is 66.2 Å². The van der Waals surface area contributed by atoms with Gasteiger partial charge < -0.3 is 30.1 Å². The number of hydrogen-bond acceptors (Lipinski definition) is 6. The molecule has 2 aliphatic heterocycles. The normalized spacial score (nSPS) is 23.2. The zero-order valence-corrected chi connectivity index (χ0v) is 27.3. The van der Waals surface area contributed by atoms with E-state index in [0.29, 0.717) is 31.1 Å². The molecule has 0 radical (unpaired) electrons. The Morgan fingerprint density at radius 2 is 1.81 bits per heavy atom. The Kier molecular flexibility index (Phi) is 9.30. The van der Waals surface area contributed by atoms with Gasteiger partial charge in [-0.2, -0.15) is 0 Å². The van der Waals surface area contributed by atoms with E-state index < -0.39 is 29.8 Å². The van der Waals surface area contributed by atoms with E-state index in [1.165, 1.54) is 40.3 Å². The highest BCUT2D eigenvalue weighted by Gasteiger charge is 2.44. The van der Waals surface area contributed by atoms with Gasteiger partial charge in [-0.05, 0) is 104 Å². The second-order valence-electron chi connectivity index (χ2n) is 12.9. The van der Waals surface area contributed by atoms with Crippen molar-refractivity contribution in [3.8, 4) is 5.75 Å². The minimum absolute atomic E-state index is 0.0628. The molecule has 6 rings (SSSR count). The summed E-state index contributed by atoms with van der Waals surface area (Å²) in [4.78, 5) is 42.6. The fraction of sp³-hybridized carbons (Fsp3) is 0.378. The van der Waals surface area contributed by atoms with Crippen LogP contribution in [-0.2, 0) is 27.0 Å². The first kappa shape index (κ1) is 32.6. The van der Waals surface area contributed by atoms with Gasteiger partial charge in [-0.3, -0.25) is 9.59 Å². The molecular formula is C37H40ClN3O6. The van der Waals surface area contributed by atoms with Gasteiger partial charge in [0.1, 0.15) is 5.75 Å². The number of ether oxygens (including phenoxy) is 1. The number of fused-ring (bicyclic) bond motifs is 3. The molecule has 10 heteroatoms. The van der Waals surface area contributed by atoms with E-state index >= 15 is 0 Å². The summed E-state index contributed by atoms with van der Waals surface area (Å²) in [6.45, 7) is 2.27. The zero-order chi connectivity index (χ0) is 33.2. The third-order valence-electron chi connectivity index (χ3n) is 9.71. The number of aromatic carboxylic acids is 1. The lowest BCUT2D eigenvalue weighted by Crippen LogP contribution is -2.46. The SMILES string of the molecule is CN1CC=CCCCCN2C[C@@]3(CCCc4cc(Cl)ccc43)COc3ccc(cc32)[C@](O)(C(=O)Nc2ccc(C(=O)O)cc2)CC1=O. The van der Waals surface area contributed by atoms with Crippen LogP contribution in [0.15, 0.2) is 72.8 Å². The Morgan fingerprint density at radius 1 is 1.00 bits per heavy atom. The Bertz CT molecular complexity index is 1710. The molecule has 2 amide bonds. The molecule has 47 heavy (non-hydrogen) atoms. The van der Waals surface area contributed by atoms with Gasteiger partial charge in [0.15, 0.2) is 5.60 Å². The fourth-order valence-electron chi connectivity index (χ4n) is 7.02. The Morgan fingerprint density at radius 3 is 2.60 bits per heavy atom. The van der Waals surface area contributed by atoms with Gasteiger partial charge in [0, 0.05) is 42.8 Å². The first-order chi connectivity index (χ1) is 22.6. The van der Waals surface area contributed by atoms with Crippen molar-refractivity contribution in [3.05, 3.63) is 100 Å². The standard InChI is InChI=1S/C37H40ClN3O6/c1-40-18-5-3-2-4-6-19-41-23-36(17-7-8-26-20-28(38)12-15-30(26)36)24-47-32-16-11-27(21-31(32)41)37(46,22-33(40)42)35(45)39-29-13-9-25(10-14-29)34(43)44/h3,5,9-16,20-21,46H,2,4,6-8,17-19,22-24H2,1H3,(H,39,45)(H,43,44)/t36-,37-/m0/s1. The topological polar surface area (TPSA) is 119 Å². The maximum absolute atomic E-state index is 14.0. The number of aryl methyl sites for hydroxylation is 1. The molecular weight excluding hydrogens is 618 g/mol. The van der Waals surface area contributed by atoms with Crippen LogP contribution in [0, 0.1) is 0 Å². The number of allylic oxidation sites excluding steroid dienone is 1. The number of likely N-dealkylation sites (N-methyl/N-ethyl adjacent to an activating group) is 1. The van der Waals surface area contributed by atoms with Crippen LogP contribution < -0.4 is 15.0 Å². The van der Waals surface area contributed by atoms with Crippen molar-refractivity contribution in [3.63, 3.8) is 0 Å². The number of nitrogens with zero attached hydrogens (tertiary/aromatic N) is 2. The summed E-state index contributed by atoms with van der Waals surface area (Å²) in [5.74, 6) is -1.63. The number of anilines is 2. The van der Waals surface area contributed by atoms with Gasteiger partial charge in [-0.25, -0.2) is 4.79 Å². The van der Waals surface area contributed by atoms with Gasteiger partial charge in [0.25, 0.3) is 5.91 Å². The number of nitrogens with one attached hydrogen (secondary N) is 1. The highest BCUT2D eigenvalue weighted by molar-refractivity contribution is 6.30. The van der Waals surface area contributed by atoms with Crippen LogP contribution >= 0.6 is 11.6 Å². The third kappa shape index (κ3) is 6.73. The van der Waals surface area contributed by atoms with Gasteiger partial charge in [0.2, 0.25) is 5.91 Å². The number of benzene rings is 3. The van der Waals surface area contributed by atoms with E-state index in [0.717, 1.165) is 55.8 Å². The number of carbonyl (C=O) groups is 3. The number of halogens is 1. The summed E-state index contributed by atoms with van der Waals surface area (Å²) in [7, 11) is 1.65. The Balaban J connectivity index is 1.41. The van der Waals surface area contributed by atoms with Crippen molar-refractivity contribution < 1.29 is 29.3 Å². The number of carboxylic acids is 1. The molecule has 3 aromatic carbocycles. The second kappa shape index (κ2) is 13.4. The Labute approximate surface area is 279 Å². The molecule has 2 bridgehead atoms. The Hall–Kier alpha value is -4.34. The molecule has 246 valence electrons. The van der Waals surface area contributed by atoms with E-state index in [9.17, 15) is 24.6 Å². The van der Waals surface area contributed by atoms with Crippen molar-refractivity contribution >= 4 is 40.8 Å². The molecule has 0 aromatic heterocycles. The predicted molar refractivity (Wildman–Crippen MR) is 181 cm³/mol. The van der Waals surface area contributed by atoms with Crippen molar-refractivity contribution in [2.24, 2.45) is 0 Å². The summed E-state index contributed by atoms with van der Waals surface area (Å²) >= 11 is 6.40. The molecule has 9 nitrogen and oxygen atoms in total. The number of rotatable bonds is 3. The van der Waals surface area contributed by atoms with E-state index in [1.54, 1.807) is 25.2 Å². The van der Waals surface area contributed by atoms with E-state index in [2.05, 4.69) is 28.4 Å². The van der Waals surface area contributed by atoms with E-state index in [-0.39, 0.29) is 16.5 Å². The maximum Gasteiger partial charge on any atom is 0.335 e. The molecule has 3 aromatic rings. The van der Waals surface area contributed by atoms with Crippen molar-refractivity contribution in [2.45, 2.75) is 56.0 Å². The zero-order valence-electron chi connectivity index (χ0n) is 26.5. The van der Waals surface area contributed by atoms with Gasteiger partial charge >= 0.3 is 5.97 Å². The first-order valence-corrected chi connectivity index (χ1v) is 16.5. The number of carbonyl (C=O) groups excluding carboxylic acids is 2. The van der Waals surface area contributed by atoms with Crippen LogP contribution in [0.25, 0.3) is 0 Å². The lowest BCUT2D eigenvalue weighted by Gasteiger charge is -2.41. The predicted octanol–water partition coefficient (Wildman–Crippen LogP) is 5.93. The summed E-state index contributed by atoms with van der Waals surface area (Å²) in [5.41, 5.74) is 1.38. The summed E-state index contributed by atoms with van der Waals surface area (Å²) in [6, 6.07) is 17.0. The van der Waals surface area contributed by atoms with Gasteiger partial charge in [-0.1, -0.05) is 35.9 Å². The lowest BCUT2D eigenvalue weighted by atomic mass is 9.70. The molecule has 0 fully saturated rings. The highest BCUT2D eigenvalue weighted by atomic mass is 35.5. The number of amides is 2. The quantitative estimate of drug-likeness (QED) is 0.299. The molecule has 2 heterocycles. The van der Waals surface area contributed by atoms with Crippen molar-refractivity contribution in [1.82, 2.24) is 4.90 Å². The minimum Gasteiger partial charge on any atom is -0.490 e. The molecule has 0 saturated carbocycles. The van der Waals surface area contributed by atoms with Crippen LogP contribution in [0.1, 0.15) is 65.6 Å². The van der Waals surface area contributed by atoms with Crippen LogP contribution in [0.2, 0.25) is 5.02 Å². The van der Waals surface area contributed by atoms with Crippen LogP contribution in [0.3, 0.4) is 0 Å². The average Bonchev–Trinajstić information content (AvgIpc) is 3.20. The second-order valence-corrected chi connectivity index (χ2v) is 13.4. The molecule has 3 aliphatic rings. The molecule has 0 saturated heterocycles. The number of carboxylic acid groups (broad SMARTS) is 1. The highest BCUT2D eigenvalue weighted by Crippen LogP contribution is 2.45. The van der Waals surface area contributed by atoms with Crippen molar-refractivity contribution in [1.29, 1.82) is 0 Å². The summed E-state index contributed by atoms with van der Waals surface area (Å²) in [5, 5.41) is 25.0. The summed E-state index contributed by atoms with van der Waals surface area (Å²) in [6.07, 6.45) is 9.21. The maximum atomic E-state index is 14.0. The van der Waals surface area contributed by atoms with Crippen LogP contribution in [0.5, 0.6) is 5.75 Å². The average molecular weight is 658 g/mol. The van der Waals surface area contributed by atoms with Crippen molar-refractivity contribution in [2.75, 3.05) is 43.5 Å². The fourth-order valence-corrected chi connectivity index (χ4v) is 7.22. The molecule has 1 spiro atoms. The van der Waals surface area contributed by atoms with Gasteiger partial charge in [-0.15, -0.1) is 0 Å². The third-order valence-corrected chi connectivity index (χ3v) is 9.94. The number of hydrogen-bond donors (Lipinski definition) is 3. The summed E-state index contributed by atoms with van der Waals surface area (Å²) < 4.78 is 6.58. The minimum atomic E-state index is -2.24. The van der Waals surface area contributed by atoms with E-state index in [4.69, 9.17) is 16.3 Å². The largest absolute Gasteiger partial charge is 0.490 e. The first-order valence-electron chi connectivity index (χ1n) is 16.2.